The van der Waals surface area contributed by atoms with Crippen molar-refractivity contribution >= 4 is 15.9 Å². The molecule has 7 heteroatoms. The molecule has 0 atom stereocenters. The maximum absolute atomic E-state index is 12.6. The Balaban J connectivity index is 2.41. The van der Waals surface area contributed by atoms with Crippen molar-refractivity contribution in [2.45, 2.75) is 18.7 Å². The van der Waals surface area contributed by atoms with Gasteiger partial charge in [-0.25, -0.2) is 8.42 Å². The molecule has 1 aromatic carbocycles. The van der Waals surface area contributed by atoms with Gasteiger partial charge in [-0.2, -0.15) is 4.31 Å². The summed E-state index contributed by atoms with van der Waals surface area (Å²) in [4.78, 5) is 13.3. The van der Waals surface area contributed by atoms with Gasteiger partial charge in [0.15, 0.2) is 0 Å². The fourth-order valence-electron chi connectivity index (χ4n) is 2.13. The molecule has 1 saturated heterocycles. The largest absolute Gasteiger partial charge is 0.495 e. The number of carbonyl (C=O) groups is 1. The van der Waals surface area contributed by atoms with Crippen molar-refractivity contribution in [1.82, 2.24) is 9.21 Å². The number of hydrogen-bond donors (Lipinski definition) is 0. The molecule has 20 heavy (non-hydrogen) atoms. The molecule has 1 fully saturated rings. The Morgan fingerprint density at radius 2 is 2.05 bits per heavy atom. The van der Waals surface area contributed by atoms with Gasteiger partial charge in [-0.1, -0.05) is 6.07 Å². The predicted octanol–water partition coefficient (Wildman–Crippen LogP) is 0.814. The maximum Gasteiger partial charge on any atom is 0.248 e. The van der Waals surface area contributed by atoms with Crippen LogP contribution in [0.5, 0.6) is 5.75 Å². The second kappa shape index (κ2) is 5.41. The number of methoxy groups -OCH3 is 1. The van der Waals surface area contributed by atoms with Crippen molar-refractivity contribution in [3.63, 3.8) is 0 Å². The van der Waals surface area contributed by atoms with Crippen LogP contribution in [0.25, 0.3) is 0 Å². The van der Waals surface area contributed by atoms with Gasteiger partial charge in [0.1, 0.15) is 10.6 Å². The number of ether oxygens (including phenoxy) is 1. The average molecular weight is 298 g/mol. The number of carbonyl (C=O) groups excluding carboxylic acids is 1. The Hall–Kier alpha value is -1.60. The molecule has 0 bridgehead atoms. The molecule has 110 valence electrons. The zero-order valence-corrected chi connectivity index (χ0v) is 12.6. The molecule has 1 amide bonds. The second-order valence-corrected chi connectivity index (χ2v) is 6.57. The van der Waals surface area contributed by atoms with E-state index in [1.165, 1.54) is 16.3 Å². The normalized spacial score (nSPS) is 16.8. The van der Waals surface area contributed by atoms with Gasteiger partial charge in [0.2, 0.25) is 15.9 Å². The lowest BCUT2D eigenvalue weighted by atomic mass is 10.2. The molecule has 6 nitrogen and oxygen atoms in total. The zero-order valence-electron chi connectivity index (χ0n) is 11.8. The number of hydrogen-bond acceptors (Lipinski definition) is 4. The Morgan fingerprint density at radius 1 is 1.35 bits per heavy atom. The maximum atomic E-state index is 12.6. The van der Waals surface area contributed by atoms with Crippen LogP contribution in [0.1, 0.15) is 12.5 Å². The first-order valence-corrected chi connectivity index (χ1v) is 7.76. The molecule has 0 N–H and O–H groups in total. The fourth-order valence-corrected chi connectivity index (χ4v) is 3.72. The van der Waals surface area contributed by atoms with Crippen molar-refractivity contribution in [2.75, 3.05) is 26.9 Å². The van der Waals surface area contributed by atoms with E-state index in [1.54, 1.807) is 18.2 Å². The lowest BCUT2D eigenvalue weighted by Gasteiger charge is -2.18. The number of benzene rings is 1. The van der Waals surface area contributed by atoms with E-state index in [2.05, 4.69) is 0 Å². The van der Waals surface area contributed by atoms with Crippen LogP contribution in [0.2, 0.25) is 0 Å². The molecule has 0 aromatic heterocycles. The molecule has 1 heterocycles. The van der Waals surface area contributed by atoms with Crippen LogP contribution >= 0.6 is 0 Å². The van der Waals surface area contributed by atoms with Crippen molar-refractivity contribution in [3.05, 3.63) is 23.8 Å². The number of nitrogens with zero attached hydrogens (tertiary/aromatic N) is 2. The van der Waals surface area contributed by atoms with E-state index in [0.717, 1.165) is 5.56 Å². The molecule has 1 aliphatic rings. The molecule has 0 saturated carbocycles. The lowest BCUT2D eigenvalue weighted by Crippen LogP contribution is -2.31. The van der Waals surface area contributed by atoms with Gasteiger partial charge < -0.3 is 9.64 Å². The lowest BCUT2D eigenvalue weighted by molar-refractivity contribution is -0.126. The minimum atomic E-state index is -3.73. The third-order valence-electron chi connectivity index (χ3n) is 3.31. The third-order valence-corrected chi connectivity index (χ3v) is 5.11. The van der Waals surface area contributed by atoms with Crippen molar-refractivity contribution in [1.29, 1.82) is 0 Å². The van der Waals surface area contributed by atoms with Crippen LogP contribution in [0.15, 0.2) is 23.1 Å². The highest BCUT2D eigenvalue weighted by molar-refractivity contribution is 7.89. The summed E-state index contributed by atoms with van der Waals surface area (Å²) in [5.41, 5.74) is 0.822. The molecule has 0 unspecified atom stereocenters. The number of amides is 1. The summed E-state index contributed by atoms with van der Waals surface area (Å²) in [6, 6.07) is 4.97. The summed E-state index contributed by atoms with van der Waals surface area (Å²) >= 11 is 0. The SMILES string of the molecule is CCN1CN(S(=O)(=O)c2cc(C)ccc2OC)CC1=O. The quantitative estimate of drug-likeness (QED) is 0.825. The number of aryl methyl sites for hydroxylation is 1. The molecule has 1 aliphatic heterocycles. The molecule has 2 rings (SSSR count). The molecule has 0 aliphatic carbocycles. The van der Waals surface area contributed by atoms with Crippen LogP contribution < -0.4 is 4.74 Å². The minimum absolute atomic E-state index is 0.0920. The standard InChI is InChI=1S/C13H18N2O4S/c1-4-14-9-15(8-13(14)16)20(17,18)12-7-10(2)5-6-11(12)19-3/h5-7H,4,8-9H2,1-3H3. The van der Waals surface area contributed by atoms with Crippen LogP contribution in [-0.2, 0) is 14.8 Å². The van der Waals surface area contributed by atoms with Gasteiger partial charge in [-0.3, -0.25) is 4.79 Å². The molecule has 0 spiro atoms. The zero-order chi connectivity index (χ0) is 14.9. The molecular formula is C13H18N2O4S. The average Bonchev–Trinajstić information content (AvgIpc) is 2.80. The topological polar surface area (TPSA) is 66.9 Å². The summed E-state index contributed by atoms with van der Waals surface area (Å²) in [6.45, 7) is 4.10. The van der Waals surface area contributed by atoms with E-state index in [1.807, 2.05) is 13.8 Å². The second-order valence-electron chi connectivity index (χ2n) is 4.66. The van der Waals surface area contributed by atoms with E-state index in [0.29, 0.717) is 6.54 Å². The van der Waals surface area contributed by atoms with Crippen molar-refractivity contribution < 1.29 is 17.9 Å². The summed E-state index contributed by atoms with van der Waals surface area (Å²) in [5, 5.41) is 0. The Morgan fingerprint density at radius 3 is 2.60 bits per heavy atom. The Kier molecular flexibility index (Phi) is 4.01. The monoisotopic (exact) mass is 298 g/mol. The van der Waals surface area contributed by atoms with E-state index in [4.69, 9.17) is 4.74 Å². The summed E-state index contributed by atoms with van der Waals surface area (Å²) < 4.78 is 31.6. The highest BCUT2D eigenvalue weighted by Crippen LogP contribution is 2.29. The Labute approximate surface area is 119 Å². The third kappa shape index (κ3) is 2.51. The van der Waals surface area contributed by atoms with Crippen LogP contribution in [-0.4, -0.2) is 50.4 Å². The van der Waals surface area contributed by atoms with Gasteiger partial charge in [-0.15, -0.1) is 0 Å². The van der Waals surface area contributed by atoms with Gasteiger partial charge in [-0.05, 0) is 31.5 Å². The highest BCUT2D eigenvalue weighted by atomic mass is 32.2. The van der Waals surface area contributed by atoms with Crippen LogP contribution in [0.4, 0.5) is 0 Å². The molecule has 1 aromatic rings. The van der Waals surface area contributed by atoms with Gasteiger partial charge in [0, 0.05) is 6.54 Å². The fraction of sp³-hybridized carbons (Fsp3) is 0.462. The summed E-state index contributed by atoms with van der Waals surface area (Å²) in [6.07, 6.45) is 0. The van der Waals surface area contributed by atoms with E-state index in [-0.39, 0.29) is 29.8 Å². The molecular weight excluding hydrogens is 280 g/mol. The smallest absolute Gasteiger partial charge is 0.248 e. The van der Waals surface area contributed by atoms with E-state index in [9.17, 15) is 13.2 Å². The first-order chi connectivity index (χ1) is 9.40. The van der Waals surface area contributed by atoms with Gasteiger partial charge >= 0.3 is 0 Å². The summed E-state index contributed by atoms with van der Waals surface area (Å²) in [7, 11) is -2.31. The predicted molar refractivity (Wildman–Crippen MR) is 73.9 cm³/mol. The highest BCUT2D eigenvalue weighted by Gasteiger charge is 2.37. The number of rotatable bonds is 4. The summed E-state index contributed by atoms with van der Waals surface area (Å²) in [5.74, 6) is 0.112. The number of sulfonamides is 1. The van der Waals surface area contributed by atoms with Crippen molar-refractivity contribution in [2.24, 2.45) is 0 Å². The van der Waals surface area contributed by atoms with Gasteiger partial charge in [0.05, 0.1) is 20.3 Å². The Bertz CT molecular complexity index is 627. The minimum Gasteiger partial charge on any atom is -0.495 e. The van der Waals surface area contributed by atoms with Crippen LogP contribution in [0, 0.1) is 6.92 Å². The van der Waals surface area contributed by atoms with Gasteiger partial charge in [0.25, 0.3) is 0 Å². The van der Waals surface area contributed by atoms with E-state index >= 15 is 0 Å². The first-order valence-electron chi connectivity index (χ1n) is 6.32. The number of likely N-dealkylation sites (N-methyl/N-ethyl adjacent to an activating group) is 1. The van der Waals surface area contributed by atoms with E-state index < -0.39 is 10.0 Å². The van der Waals surface area contributed by atoms with Crippen LogP contribution in [0.3, 0.4) is 0 Å². The molecule has 0 radical (unpaired) electrons. The van der Waals surface area contributed by atoms with Crippen molar-refractivity contribution in [3.8, 4) is 5.75 Å². The first kappa shape index (κ1) is 14.8.